The molecule has 0 radical (unpaired) electrons. The molecule has 2 heteroatoms. The van der Waals surface area contributed by atoms with Gasteiger partial charge in [0.05, 0.1) is 0 Å². The van der Waals surface area contributed by atoms with Crippen molar-refractivity contribution in [1.29, 1.82) is 0 Å². The third-order valence-electron chi connectivity index (χ3n) is 9.99. The van der Waals surface area contributed by atoms with Crippen LogP contribution in [0.15, 0.2) is 0 Å². The number of carbonyl (C=O) groups is 2. The molecule has 4 unspecified atom stereocenters. The summed E-state index contributed by atoms with van der Waals surface area (Å²) in [7, 11) is 0. The van der Waals surface area contributed by atoms with Gasteiger partial charge in [0, 0.05) is 11.8 Å². The maximum Gasteiger partial charge on any atom is 0.132 e. The molecule has 0 bridgehead atoms. The molecular weight excluding hydrogens is 368 g/mol. The van der Waals surface area contributed by atoms with Gasteiger partial charge in [-0.2, -0.15) is 0 Å². The van der Waals surface area contributed by atoms with Crippen LogP contribution in [0.5, 0.6) is 0 Å². The zero-order valence-corrected chi connectivity index (χ0v) is 20.7. The SMILES string of the molecule is CC(=O)[C@@H]1CC2C(CCC[C@H]2C)[C@@H](C)C1.CC(=O)[C@H]1CC2C(CCC[C@H]2C)[C@@H](C)C1. The Bertz CT molecular complexity index is 543. The van der Waals surface area contributed by atoms with Crippen molar-refractivity contribution in [2.75, 3.05) is 0 Å². The highest BCUT2D eigenvalue weighted by Crippen LogP contribution is 2.49. The van der Waals surface area contributed by atoms with Gasteiger partial charge in [0.15, 0.2) is 0 Å². The summed E-state index contributed by atoms with van der Waals surface area (Å²) < 4.78 is 0. The van der Waals surface area contributed by atoms with Gasteiger partial charge in [0.1, 0.15) is 11.6 Å². The Morgan fingerprint density at radius 3 is 1.20 bits per heavy atom. The molecule has 0 amide bonds. The molecule has 2 nitrogen and oxygen atoms in total. The minimum Gasteiger partial charge on any atom is -0.300 e. The summed E-state index contributed by atoms with van der Waals surface area (Å²) in [5.41, 5.74) is 0. The van der Waals surface area contributed by atoms with E-state index in [1.165, 1.54) is 51.4 Å². The fourth-order valence-electron chi connectivity index (χ4n) is 8.04. The summed E-state index contributed by atoms with van der Waals surface area (Å²) in [6.07, 6.45) is 13.1. The van der Waals surface area contributed by atoms with Gasteiger partial charge < -0.3 is 0 Å². The Balaban J connectivity index is 0.000000171. The van der Waals surface area contributed by atoms with Gasteiger partial charge in [-0.05, 0) is 99.7 Å². The molecule has 4 rings (SSSR count). The van der Waals surface area contributed by atoms with Crippen molar-refractivity contribution in [2.45, 2.75) is 106 Å². The Kier molecular flexibility index (Phi) is 8.24. The lowest BCUT2D eigenvalue weighted by molar-refractivity contribution is -0.125. The van der Waals surface area contributed by atoms with Crippen LogP contribution in [0.3, 0.4) is 0 Å². The average molecular weight is 417 g/mol. The summed E-state index contributed by atoms with van der Waals surface area (Å²) in [5, 5.41) is 0. The second-order valence-corrected chi connectivity index (χ2v) is 12.0. The molecule has 30 heavy (non-hydrogen) atoms. The maximum atomic E-state index is 11.5. The standard InChI is InChI=1S/2C14H24O/c2*1-9-5-4-6-13-10(2)7-12(11(3)15)8-14(9)13/h2*9-10,12-14H,4-8H2,1-3H3/t9-,10+,12+,13?,14?;9-,10+,12-,13?,14?/m11/s1. The fraction of sp³-hybridized carbons (Fsp3) is 0.929. The van der Waals surface area contributed by atoms with E-state index in [4.69, 9.17) is 0 Å². The third kappa shape index (κ3) is 5.39. The van der Waals surface area contributed by atoms with Crippen LogP contribution in [0.4, 0.5) is 0 Å². The molecule has 0 heterocycles. The molecule has 172 valence electrons. The summed E-state index contributed by atoms with van der Waals surface area (Å²) in [5.74, 6) is 8.41. The van der Waals surface area contributed by atoms with E-state index in [0.29, 0.717) is 23.4 Å². The predicted octanol–water partition coefficient (Wildman–Crippen LogP) is 7.35. The fourth-order valence-corrected chi connectivity index (χ4v) is 8.04. The van der Waals surface area contributed by atoms with Crippen LogP contribution in [0, 0.1) is 59.2 Å². The van der Waals surface area contributed by atoms with Crippen LogP contribution < -0.4 is 0 Å². The first kappa shape index (κ1) is 24.0. The quantitative estimate of drug-likeness (QED) is 0.471. The van der Waals surface area contributed by atoms with Crippen molar-refractivity contribution >= 4 is 11.6 Å². The number of Topliss-reactive ketones (excluding diaryl/α,β-unsaturated/α-hetero) is 2. The van der Waals surface area contributed by atoms with Crippen LogP contribution in [0.25, 0.3) is 0 Å². The topological polar surface area (TPSA) is 34.1 Å². The van der Waals surface area contributed by atoms with Gasteiger partial charge in [0.2, 0.25) is 0 Å². The van der Waals surface area contributed by atoms with Crippen molar-refractivity contribution < 1.29 is 9.59 Å². The smallest absolute Gasteiger partial charge is 0.132 e. The van der Waals surface area contributed by atoms with Crippen LogP contribution >= 0.6 is 0 Å². The van der Waals surface area contributed by atoms with E-state index in [1.807, 2.05) is 0 Å². The first-order valence-electron chi connectivity index (χ1n) is 13.2. The first-order chi connectivity index (χ1) is 14.2. The van der Waals surface area contributed by atoms with E-state index in [9.17, 15) is 9.59 Å². The number of rotatable bonds is 2. The summed E-state index contributed by atoms with van der Waals surface area (Å²) in [6, 6.07) is 0. The van der Waals surface area contributed by atoms with Gasteiger partial charge in [-0.3, -0.25) is 9.59 Å². The number of hydrogen-bond donors (Lipinski definition) is 0. The molecule has 4 aliphatic carbocycles. The highest BCUT2D eigenvalue weighted by atomic mass is 16.1. The Hall–Kier alpha value is -0.660. The largest absolute Gasteiger partial charge is 0.300 e. The predicted molar refractivity (Wildman–Crippen MR) is 125 cm³/mol. The molecule has 0 saturated heterocycles. The van der Waals surface area contributed by atoms with E-state index in [-0.39, 0.29) is 0 Å². The zero-order chi connectivity index (χ0) is 22.0. The number of carbonyl (C=O) groups excluding carboxylic acids is 2. The molecule has 0 N–H and O–H groups in total. The molecule has 10 atom stereocenters. The van der Waals surface area contributed by atoms with Crippen molar-refractivity contribution in [3.8, 4) is 0 Å². The molecule has 0 aromatic heterocycles. The van der Waals surface area contributed by atoms with Gasteiger partial charge in [0.25, 0.3) is 0 Å². The van der Waals surface area contributed by atoms with Crippen LogP contribution in [0.2, 0.25) is 0 Å². The van der Waals surface area contributed by atoms with Gasteiger partial charge in [-0.15, -0.1) is 0 Å². The average Bonchev–Trinajstić information content (AvgIpc) is 2.69. The highest BCUT2D eigenvalue weighted by molar-refractivity contribution is 5.78. The van der Waals surface area contributed by atoms with E-state index in [0.717, 1.165) is 60.2 Å². The molecule has 0 aromatic rings. The first-order valence-corrected chi connectivity index (χ1v) is 13.2. The second kappa shape index (κ2) is 10.3. The number of hydrogen-bond acceptors (Lipinski definition) is 2. The molecule has 4 saturated carbocycles. The highest BCUT2D eigenvalue weighted by Gasteiger charge is 2.42. The van der Waals surface area contributed by atoms with Crippen LogP contribution in [-0.2, 0) is 9.59 Å². The van der Waals surface area contributed by atoms with E-state index < -0.39 is 0 Å². The molecule has 0 spiro atoms. The van der Waals surface area contributed by atoms with Crippen molar-refractivity contribution in [1.82, 2.24) is 0 Å². The molecule has 4 fully saturated rings. The minimum absolute atomic E-state index is 0.377. The molecule has 0 aliphatic heterocycles. The lowest BCUT2D eigenvalue weighted by Crippen LogP contribution is -2.39. The molecular formula is C28H48O2. The maximum absolute atomic E-state index is 11.5. The zero-order valence-electron chi connectivity index (χ0n) is 20.7. The number of fused-ring (bicyclic) bond motifs is 2. The Morgan fingerprint density at radius 2 is 0.867 bits per heavy atom. The van der Waals surface area contributed by atoms with Crippen molar-refractivity contribution in [3.05, 3.63) is 0 Å². The molecule has 4 aliphatic rings. The number of ketones is 2. The monoisotopic (exact) mass is 416 g/mol. The van der Waals surface area contributed by atoms with Gasteiger partial charge in [-0.25, -0.2) is 0 Å². The molecule has 0 aromatic carbocycles. The normalized spacial score (nSPS) is 45.9. The lowest BCUT2D eigenvalue weighted by atomic mass is 9.59. The van der Waals surface area contributed by atoms with Crippen LogP contribution in [-0.4, -0.2) is 11.6 Å². The van der Waals surface area contributed by atoms with E-state index >= 15 is 0 Å². The lowest BCUT2D eigenvalue weighted by Gasteiger charge is -2.46. The van der Waals surface area contributed by atoms with Gasteiger partial charge in [-0.1, -0.05) is 53.4 Å². The minimum atomic E-state index is 0.377. The van der Waals surface area contributed by atoms with E-state index in [2.05, 4.69) is 27.7 Å². The Morgan fingerprint density at radius 1 is 0.500 bits per heavy atom. The summed E-state index contributed by atoms with van der Waals surface area (Å²) in [4.78, 5) is 23.1. The summed E-state index contributed by atoms with van der Waals surface area (Å²) >= 11 is 0. The second-order valence-electron chi connectivity index (χ2n) is 12.0. The Labute approximate surface area is 186 Å². The van der Waals surface area contributed by atoms with Crippen molar-refractivity contribution in [2.24, 2.45) is 59.2 Å². The van der Waals surface area contributed by atoms with Crippen molar-refractivity contribution in [3.63, 3.8) is 0 Å². The van der Waals surface area contributed by atoms with Gasteiger partial charge >= 0.3 is 0 Å². The van der Waals surface area contributed by atoms with Crippen LogP contribution in [0.1, 0.15) is 106 Å². The van der Waals surface area contributed by atoms with E-state index in [1.54, 1.807) is 13.8 Å². The summed E-state index contributed by atoms with van der Waals surface area (Å²) in [6.45, 7) is 13.1. The third-order valence-corrected chi connectivity index (χ3v) is 9.99.